The molecule has 0 spiro atoms. The van der Waals surface area contributed by atoms with Gasteiger partial charge in [-0.2, -0.15) is 0 Å². The number of rotatable bonds is 0. The van der Waals surface area contributed by atoms with Gasteiger partial charge in [0.2, 0.25) is 0 Å². The lowest BCUT2D eigenvalue weighted by Gasteiger charge is -2.43. The summed E-state index contributed by atoms with van der Waals surface area (Å²) in [5.41, 5.74) is 11.4. The maximum atomic E-state index is 6.64. The Balaban J connectivity index is 1.35. The quantitative estimate of drug-likeness (QED) is 0.164. The molecule has 0 bridgehead atoms. The molecule has 206 valence electrons. The first-order chi connectivity index (χ1) is 22.3. The standard InChI is InChI=1S/C40H21BN2OS/c1-2-10-23-20-31-27(19-22(23)9-1)25-12-7-13-26-36-37-32(21-28-24-11-3-6-18-35(24)45-40(28)36)42-30-15-4-5-16-33(30)44-34-17-8-14-29(39(34)42)41(37)43(31)38(25)26/h1-21H. The van der Waals surface area contributed by atoms with E-state index in [-0.39, 0.29) is 6.85 Å². The van der Waals surface area contributed by atoms with Gasteiger partial charge in [-0.3, -0.25) is 0 Å². The number of hydrogen-bond acceptors (Lipinski definition) is 3. The summed E-state index contributed by atoms with van der Waals surface area (Å²) in [6.45, 7) is 0.000682. The molecule has 3 aliphatic heterocycles. The zero-order valence-electron chi connectivity index (χ0n) is 23.9. The van der Waals surface area contributed by atoms with E-state index in [1.54, 1.807) is 0 Å². The van der Waals surface area contributed by atoms with Gasteiger partial charge in [-0.05, 0) is 64.2 Å². The van der Waals surface area contributed by atoms with Crippen LogP contribution in [0.1, 0.15) is 0 Å². The molecule has 45 heavy (non-hydrogen) atoms. The third kappa shape index (κ3) is 2.63. The lowest BCUT2D eigenvalue weighted by atomic mass is 9.45. The fourth-order valence-corrected chi connectivity index (χ4v) is 9.82. The summed E-state index contributed by atoms with van der Waals surface area (Å²) in [6.07, 6.45) is 0. The van der Waals surface area contributed by atoms with Crippen LogP contribution >= 0.6 is 11.3 Å². The third-order valence-electron chi connectivity index (χ3n) is 10.3. The molecule has 0 atom stereocenters. The van der Waals surface area contributed by atoms with Crippen molar-refractivity contribution in [3.8, 4) is 22.6 Å². The fraction of sp³-hybridized carbons (Fsp3) is 0. The molecule has 12 rings (SSSR count). The van der Waals surface area contributed by atoms with Crippen molar-refractivity contribution in [3.05, 3.63) is 127 Å². The summed E-state index contributed by atoms with van der Waals surface area (Å²) >= 11 is 1.93. The van der Waals surface area contributed by atoms with Crippen LogP contribution < -0.4 is 20.6 Å². The molecule has 0 fully saturated rings. The number of para-hydroxylation sites is 4. The minimum atomic E-state index is 0.000682. The van der Waals surface area contributed by atoms with E-state index in [1.165, 1.54) is 80.5 Å². The average molecular weight is 589 g/mol. The van der Waals surface area contributed by atoms with Gasteiger partial charge >= 0.3 is 6.85 Å². The molecule has 0 amide bonds. The number of hydrogen-bond donors (Lipinski definition) is 0. The van der Waals surface area contributed by atoms with E-state index in [0.717, 1.165) is 22.9 Å². The molecule has 7 aromatic carbocycles. The molecule has 5 heterocycles. The van der Waals surface area contributed by atoms with Crippen LogP contribution in [0, 0.1) is 0 Å². The van der Waals surface area contributed by atoms with E-state index in [1.807, 2.05) is 11.3 Å². The van der Waals surface area contributed by atoms with E-state index >= 15 is 0 Å². The summed E-state index contributed by atoms with van der Waals surface area (Å²) in [7, 11) is 0. The monoisotopic (exact) mass is 588 g/mol. The van der Waals surface area contributed by atoms with Crippen molar-refractivity contribution >= 4 is 98.9 Å². The topological polar surface area (TPSA) is 17.4 Å². The molecule has 0 unspecified atom stereocenters. The predicted molar refractivity (Wildman–Crippen MR) is 190 cm³/mol. The smallest absolute Gasteiger partial charge is 0.333 e. The molecule has 0 N–H and O–H groups in total. The van der Waals surface area contributed by atoms with E-state index in [9.17, 15) is 0 Å². The summed E-state index contributed by atoms with van der Waals surface area (Å²) in [6, 6.07) is 46.9. The van der Waals surface area contributed by atoms with Gasteiger partial charge in [0.1, 0.15) is 0 Å². The lowest BCUT2D eigenvalue weighted by molar-refractivity contribution is 0.477. The second-order valence-corrected chi connectivity index (χ2v) is 13.5. The Labute approximate surface area is 262 Å². The number of nitrogens with zero attached hydrogens (tertiary/aromatic N) is 2. The van der Waals surface area contributed by atoms with Crippen LogP contribution in [-0.2, 0) is 0 Å². The Hall–Kier alpha value is -5.52. The number of thiophene rings is 1. The van der Waals surface area contributed by atoms with Crippen LogP contribution in [0.5, 0.6) is 11.5 Å². The first kappa shape index (κ1) is 22.9. The van der Waals surface area contributed by atoms with Gasteiger partial charge in [-0.25, -0.2) is 0 Å². The van der Waals surface area contributed by atoms with Gasteiger partial charge in [-0.15, -0.1) is 11.3 Å². The number of benzene rings is 7. The van der Waals surface area contributed by atoms with Crippen LogP contribution in [-0.4, -0.2) is 11.3 Å². The summed E-state index contributed by atoms with van der Waals surface area (Å²) < 4.78 is 12.0. The van der Waals surface area contributed by atoms with Crippen LogP contribution in [0.25, 0.3) is 63.9 Å². The van der Waals surface area contributed by atoms with Crippen molar-refractivity contribution in [2.75, 3.05) is 4.90 Å². The molecule has 0 saturated carbocycles. The highest BCUT2D eigenvalue weighted by Crippen LogP contribution is 2.55. The average Bonchev–Trinajstić information content (AvgIpc) is 3.62. The van der Waals surface area contributed by atoms with Crippen LogP contribution in [0.4, 0.5) is 17.1 Å². The number of ether oxygens (including phenoxy) is 1. The molecule has 5 heteroatoms. The number of aromatic nitrogens is 1. The van der Waals surface area contributed by atoms with Gasteiger partial charge in [0.15, 0.2) is 11.5 Å². The van der Waals surface area contributed by atoms with Crippen molar-refractivity contribution in [1.29, 1.82) is 0 Å². The second kappa shape index (κ2) is 7.76. The minimum Gasteiger partial charge on any atom is -0.453 e. The number of anilines is 3. The molecule has 0 saturated heterocycles. The van der Waals surface area contributed by atoms with Crippen molar-refractivity contribution in [1.82, 2.24) is 4.48 Å². The van der Waals surface area contributed by atoms with E-state index < -0.39 is 0 Å². The SMILES string of the molecule is c1ccc2c(c1)Oc1cccc3c1N2c1cc2c(sc4ccccc42)c2c1B3n1c3cc4ccccc4cc3c3cccc-2c31. The molecular weight excluding hydrogens is 567 g/mol. The molecule has 2 aromatic heterocycles. The highest BCUT2D eigenvalue weighted by molar-refractivity contribution is 7.26. The molecule has 0 radical (unpaired) electrons. The second-order valence-electron chi connectivity index (χ2n) is 12.4. The van der Waals surface area contributed by atoms with Crippen LogP contribution in [0.2, 0.25) is 0 Å². The highest BCUT2D eigenvalue weighted by atomic mass is 32.1. The Morgan fingerprint density at radius 3 is 2.33 bits per heavy atom. The van der Waals surface area contributed by atoms with Crippen molar-refractivity contribution in [2.45, 2.75) is 0 Å². The molecule has 0 aliphatic carbocycles. The Kier molecular flexibility index (Phi) is 3.96. The largest absolute Gasteiger partial charge is 0.453 e. The highest BCUT2D eigenvalue weighted by Gasteiger charge is 2.46. The van der Waals surface area contributed by atoms with Gasteiger partial charge in [0.05, 0.1) is 11.4 Å². The van der Waals surface area contributed by atoms with Gasteiger partial charge < -0.3 is 14.1 Å². The van der Waals surface area contributed by atoms with Gasteiger partial charge in [0.25, 0.3) is 0 Å². The summed E-state index contributed by atoms with van der Waals surface area (Å²) in [4.78, 5) is 2.48. The van der Waals surface area contributed by atoms with Crippen molar-refractivity contribution in [2.24, 2.45) is 0 Å². The maximum absolute atomic E-state index is 6.64. The molecule has 3 nitrogen and oxygen atoms in total. The lowest BCUT2D eigenvalue weighted by Crippen LogP contribution is -2.57. The van der Waals surface area contributed by atoms with Crippen LogP contribution in [0.15, 0.2) is 127 Å². The fourth-order valence-electron chi connectivity index (χ4n) is 8.57. The van der Waals surface area contributed by atoms with Gasteiger partial charge in [0, 0.05) is 58.8 Å². The van der Waals surface area contributed by atoms with Gasteiger partial charge in [-0.1, -0.05) is 84.9 Å². The molecule has 9 aromatic rings. The summed E-state index contributed by atoms with van der Waals surface area (Å²) in [5.74, 6) is 1.80. The third-order valence-corrected chi connectivity index (χ3v) is 11.5. The van der Waals surface area contributed by atoms with Crippen LogP contribution in [0.3, 0.4) is 0 Å². The van der Waals surface area contributed by atoms with Crippen molar-refractivity contribution < 1.29 is 4.74 Å². The number of fused-ring (bicyclic) bond motifs is 14. The predicted octanol–water partition coefficient (Wildman–Crippen LogP) is 9.84. The Morgan fingerprint density at radius 1 is 0.600 bits per heavy atom. The first-order valence-electron chi connectivity index (χ1n) is 15.5. The van der Waals surface area contributed by atoms with E-state index in [0.29, 0.717) is 0 Å². The zero-order valence-corrected chi connectivity index (χ0v) is 24.7. The Morgan fingerprint density at radius 2 is 1.38 bits per heavy atom. The molecule has 3 aliphatic rings. The Bertz CT molecular complexity index is 2830. The van der Waals surface area contributed by atoms with E-state index in [2.05, 4.69) is 137 Å². The summed E-state index contributed by atoms with van der Waals surface area (Å²) in [5, 5.41) is 7.80. The zero-order chi connectivity index (χ0) is 29.0. The van der Waals surface area contributed by atoms with E-state index in [4.69, 9.17) is 4.74 Å². The normalized spacial score (nSPS) is 13.9. The maximum Gasteiger partial charge on any atom is 0.333 e. The molecular formula is C40H21BN2OS. The first-order valence-corrected chi connectivity index (χ1v) is 16.3. The minimum absolute atomic E-state index is 0.000682. The van der Waals surface area contributed by atoms with Crippen molar-refractivity contribution in [3.63, 3.8) is 0 Å².